The van der Waals surface area contributed by atoms with Crippen LogP contribution in [0.3, 0.4) is 0 Å². The van der Waals surface area contributed by atoms with Crippen molar-refractivity contribution >= 4 is 21.6 Å². The zero-order chi connectivity index (χ0) is 13.2. The van der Waals surface area contributed by atoms with Gasteiger partial charge in [0.15, 0.2) is 0 Å². The normalized spacial score (nSPS) is 10.8. The van der Waals surface area contributed by atoms with E-state index in [-0.39, 0.29) is 5.56 Å². The molecule has 3 aromatic rings. The molecule has 19 heavy (non-hydrogen) atoms. The summed E-state index contributed by atoms with van der Waals surface area (Å²) in [6.45, 7) is 0.460. The number of benzene rings is 1. The van der Waals surface area contributed by atoms with E-state index in [0.717, 1.165) is 16.1 Å². The summed E-state index contributed by atoms with van der Waals surface area (Å²) < 4.78 is 6.90. The van der Waals surface area contributed by atoms with Gasteiger partial charge in [-0.15, -0.1) is 11.3 Å². The average molecular weight is 272 g/mol. The lowest BCUT2D eigenvalue weighted by Crippen LogP contribution is -2.20. The van der Waals surface area contributed by atoms with Gasteiger partial charge in [0.1, 0.15) is 10.6 Å². The fraction of sp³-hybridized carbons (Fsp3) is 0.143. The molecule has 0 amide bonds. The van der Waals surface area contributed by atoms with Crippen molar-refractivity contribution < 1.29 is 4.74 Å². The van der Waals surface area contributed by atoms with Gasteiger partial charge in [-0.25, -0.2) is 4.98 Å². The van der Waals surface area contributed by atoms with Crippen LogP contribution in [0, 0.1) is 0 Å². The topological polar surface area (TPSA) is 44.1 Å². The third-order valence-corrected chi connectivity index (χ3v) is 3.80. The highest BCUT2D eigenvalue weighted by Gasteiger charge is 2.07. The van der Waals surface area contributed by atoms with E-state index < -0.39 is 0 Å². The van der Waals surface area contributed by atoms with Crippen molar-refractivity contribution in [3.05, 3.63) is 58.0 Å². The van der Waals surface area contributed by atoms with E-state index in [1.54, 1.807) is 18.0 Å². The van der Waals surface area contributed by atoms with E-state index in [9.17, 15) is 4.79 Å². The molecule has 1 aromatic carbocycles. The van der Waals surface area contributed by atoms with E-state index in [1.807, 2.05) is 35.7 Å². The highest BCUT2D eigenvalue weighted by atomic mass is 32.1. The molecule has 0 unspecified atom stereocenters. The summed E-state index contributed by atoms with van der Waals surface area (Å²) in [7, 11) is 1.63. The summed E-state index contributed by atoms with van der Waals surface area (Å²) in [5, 5.41) is 2.55. The fourth-order valence-electron chi connectivity index (χ4n) is 2.02. The van der Waals surface area contributed by atoms with Gasteiger partial charge in [0.05, 0.1) is 25.4 Å². The second-order valence-electron chi connectivity index (χ2n) is 4.13. The van der Waals surface area contributed by atoms with E-state index >= 15 is 0 Å². The summed E-state index contributed by atoms with van der Waals surface area (Å²) in [6, 6.07) is 9.49. The summed E-state index contributed by atoms with van der Waals surface area (Å²) in [4.78, 5) is 17.4. The second kappa shape index (κ2) is 4.85. The Kier molecular flexibility index (Phi) is 3.05. The lowest BCUT2D eigenvalue weighted by atomic mass is 10.2. The third kappa shape index (κ3) is 2.13. The van der Waals surface area contributed by atoms with Crippen LogP contribution in [0.1, 0.15) is 5.56 Å². The van der Waals surface area contributed by atoms with E-state index in [4.69, 9.17) is 4.74 Å². The Morgan fingerprint density at radius 2 is 2.16 bits per heavy atom. The SMILES string of the molecule is COc1ccccc1Cn1cnc2sccc2c1=O. The van der Waals surface area contributed by atoms with Crippen molar-refractivity contribution in [1.82, 2.24) is 9.55 Å². The van der Waals surface area contributed by atoms with Crippen LogP contribution >= 0.6 is 11.3 Å². The van der Waals surface area contributed by atoms with Crippen molar-refractivity contribution in [3.8, 4) is 5.75 Å². The summed E-state index contributed by atoms with van der Waals surface area (Å²) >= 11 is 1.48. The van der Waals surface area contributed by atoms with Crippen LogP contribution in [-0.2, 0) is 6.54 Å². The van der Waals surface area contributed by atoms with E-state index in [1.165, 1.54) is 11.3 Å². The van der Waals surface area contributed by atoms with Crippen LogP contribution in [0.25, 0.3) is 10.2 Å². The number of aromatic nitrogens is 2. The van der Waals surface area contributed by atoms with Crippen LogP contribution in [0.2, 0.25) is 0 Å². The Hall–Kier alpha value is -2.14. The Labute approximate surface area is 113 Å². The first kappa shape index (κ1) is 11.9. The maximum Gasteiger partial charge on any atom is 0.262 e. The number of methoxy groups -OCH3 is 1. The first-order valence-corrected chi connectivity index (χ1v) is 6.72. The van der Waals surface area contributed by atoms with Gasteiger partial charge in [-0.1, -0.05) is 18.2 Å². The van der Waals surface area contributed by atoms with Crippen molar-refractivity contribution in [2.75, 3.05) is 7.11 Å². The molecular formula is C14H12N2O2S. The van der Waals surface area contributed by atoms with E-state index in [2.05, 4.69) is 4.98 Å². The van der Waals surface area contributed by atoms with Gasteiger partial charge in [0.2, 0.25) is 0 Å². The molecule has 0 spiro atoms. The molecule has 2 heterocycles. The van der Waals surface area contributed by atoms with E-state index in [0.29, 0.717) is 11.9 Å². The number of nitrogens with zero attached hydrogens (tertiary/aromatic N) is 2. The third-order valence-electron chi connectivity index (χ3n) is 2.98. The van der Waals surface area contributed by atoms with Crippen LogP contribution in [0.15, 0.2) is 46.8 Å². The molecule has 0 N–H and O–H groups in total. The van der Waals surface area contributed by atoms with Gasteiger partial charge in [-0.3, -0.25) is 9.36 Å². The molecule has 2 aromatic heterocycles. The number of rotatable bonds is 3. The van der Waals surface area contributed by atoms with Gasteiger partial charge in [-0.2, -0.15) is 0 Å². The molecule has 0 aliphatic rings. The first-order valence-electron chi connectivity index (χ1n) is 5.84. The zero-order valence-electron chi connectivity index (χ0n) is 10.4. The molecule has 96 valence electrons. The van der Waals surface area contributed by atoms with Gasteiger partial charge < -0.3 is 4.74 Å². The molecule has 5 heteroatoms. The molecule has 3 rings (SSSR count). The molecular weight excluding hydrogens is 260 g/mol. The minimum absolute atomic E-state index is 0.0165. The minimum Gasteiger partial charge on any atom is -0.496 e. The fourth-order valence-corrected chi connectivity index (χ4v) is 2.75. The maximum absolute atomic E-state index is 12.3. The van der Waals surface area contributed by atoms with Crippen molar-refractivity contribution in [1.29, 1.82) is 0 Å². The average Bonchev–Trinajstić information content (AvgIpc) is 2.92. The van der Waals surface area contributed by atoms with Gasteiger partial charge >= 0.3 is 0 Å². The monoisotopic (exact) mass is 272 g/mol. The largest absolute Gasteiger partial charge is 0.496 e. The minimum atomic E-state index is -0.0165. The first-order chi connectivity index (χ1) is 9.29. The second-order valence-corrected chi connectivity index (χ2v) is 5.02. The smallest absolute Gasteiger partial charge is 0.262 e. The highest BCUT2D eigenvalue weighted by molar-refractivity contribution is 7.16. The Morgan fingerprint density at radius 3 is 3.00 bits per heavy atom. The number of hydrogen-bond acceptors (Lipinski definition) is 4. The quantitative estimate of drug-likeness (QED) is 0.736. The summed E-state index contributed by atoms with van der Waals surface area (Å²) in [5.41, 5.74) is 0.945. The van der Waals surface area contributed by atoms with Crippen LogP contribution in [-0.4, -0.2) is 16.7 Å². The molecule has 0 saturated heterocycles. The molecule has 0 aliphatic carbocycles. The molecule has 0 atom stereocenters. The molecule has 0 aliphatic heterocycles. The standard InChI is InChI=1S/C14H12N2O2S/c1-18-12-5-3-2-4-10(12)8-16-9-15-13-11(14(16)17)6-7-19-13/h2-7,9H,8H2,1H3. The molecule has 4 nitrogen and oxygen atoms in total. The lowest BCUT2D eigenvalue weighted by Gasteiger charge is -2.09. The van der Waals surface area contributed by atoms with Crippen molar-refractivity contribution in [2.45, 2.75) is 6.54 Å². The highest BCUT2D eigenvalue weighted by Crippen LogP contribution is 2.18. The molecule has 0 fully saturated rings. The van der Waals surface area contributed by atoms with Crippen LogP contribution in [0.5, 0.6) is 5.75 Å². The Morgan fingerprint density at radius 1 is 1.32 bits per heavy atom. The number of fused-ring (bicyclic) bond motifs is 1. The molecule has 0 saturated carbocycles. The molecule has 0 bridgehead atoms. The molecule has 0 radical (unpaired) electrons. The van der Waals surface area contributed by atoms with Gasteiger partial charge in [-0.05, 0) is 17.5 Å². The zero-order valence-corrected chi connectivity index (χ0v) is 11.2. The predicted molar refractivity (Wildman–Crippen MR) is 76.0 cm³/mol. The predicted octanol–water partition coefficient (Wildman–Crippen LogP) is 2.51. The number of hydrogen-bond donors (Lipinski definition) is 0. The number of thiophene rings is 1. The Balaban J connectivity index is 2.06. The number of para-hydroxylation sites is 1. The maximum atomic E-state index is 12.3. The van der Waals surface area contributed by atoms with Crippen LogP contribution < -0.4 is 10.3 Å². The number of ether oxygens (including phenoxy) is 1. The van der Waals surface area contributed by atoms with Crippen molar-refractivity contribution in [3.63, 3.8) is 0 Å². The summed E-state index contributed by atoms with van der Waals surface area (Å²) in [5.74, 6) is 0.778. The Bertz CT molecular complexity index is 776. The van der Waals surface area contributed by atoms with Crippen LogP contribution in [0.4, 0.5) is 0 Å². The summed E-state index contributed by atoms with van der Waals surface area (Å²) in [6.07, 6.45) is 1.59. The lowest BCUT2D eigenvalue weighted by molar-refractivity contribution is 0.408. The van der Waals surface area contributed by atoms with Gasteiger partial charge in [0.25, 0.3) is 5.56 Å². The van der Waals surface area contributed by atoms with Crippen molar-refractivity contribution in [2.24, 2.45) is 0 Å². The van der Waals surface area contributed by atoms with Gasteiger partial charge in [0, 0.05) is 5.56 Å².